The third-order valence-electron chi connectivity index (χ3n) is 5.52. The Hall–Kier alpha value is -3.80. The minimum Gasteiger partial charge on any atom is -0.496 e. The van der Waals surface area contributed by atoms with E-state index in [1.54, 1.807) is 13.0 Å². The Morgan fingerprint density at radius 1 is 1.12 bits per heavy atom. The lowest BCUT2D eigenvalue weighted by Gasteiger charge is -2.37. The van der Waals surface area contributed by atoms with Crippen molar-refractivity contribution in [3.63, 3.8) is 0 Å². The number of hydrogen-bond acceptors (Lipinski definition) is 7. The molecule has 12 heteroatoms. The third kappa shape index (κ3) is 5.76. The van der Waals surface area contributed by atoms with Gasteiger partial charge < -0.3 is 19.7 Å². The van der Waals surface area contributed by atoms with Crippen LogP contribution in [-0.4, -0.2) is 72.5 Å². The van der Waals surface area contributed by atoms with Crippen molar-refractivity contribution in [3.05, 3.63) is 58.1 Å². The molecular weight excluding hydrogens is 454 g/mol. The lowest BCUT2D eigenvalue weighted by Crippen LogP contribution is -2.54. The molecule has 3 rings (SSSR count). The molecule has 0 bridgehead atoms. The van der Waals surface area contributed by atoms with Crippen molar-refractivity contribution < 1.29 is 32.8 Å². The Morgan fingerprint density at radius 3 is 2.41 bits per heavy atom. The van der Waals surface area contributed by atoms with Crippen molar-refractivity contribution in [3.8, 4) is 11.5 Å². The number of methoxy groups -OCH3 is 1. The first-order valence-corrected chi connectivity index (χ1v) is 10.4. The molecule has 0 aromatic heterocycles. The summed E-state index contributed by atoms with van der Waals surface area (Å²) in [6.45, 7) is -0.156. The number of hydrogen-bond donors (Lipinski definition) is 1. The molecule has 1 fully saturated rings. The monoisotopic (exact) mass is 478 g/mol. The van der Waals surface area contributed by atoms with Crippen LogP contribution in [0.1, 0.15) is 17.3 Å². The van der Waals surface area contributed by atoms with Crippen LogP contribution < -0.4 is 14.8 Å². The fourth-order valence-corrected chi connectivity index (χ4v) is 3.62. The van der Waals surface area contributed by atoms with Crippen LogP contribution in [0, 0.1) is 10.1 Å². The lowest BCUT2D eigenvalue weighted by atomic mass is 10.1. The minimum atomic E-state index is -3.05. The normalized spacial score (nSPS) is 15.0. The van der Waals surface area contributed by atoms with Gasteiger partial charge in [0.05, 0.1) is 29.7 Å². The molecule has 2 aromatic carbocycles. The molecule has 10 nitrogen and oxygen atoms in total. The molecule has 0 radical (unpaired) electrons. The zero-order chi connectivity index (χ0) is 24.8. The number of carbonyl (C=O) groups is 2. The van der Waals surface area contributed by atoms with E-state index in [4.69, 9.17) is 4.74 Å². The molecule has 0 aliphatic carbocycles. The summed E-state index contributed by atoms with van der Waals surface area (Å²) in [6.07, 6.45) is 0. The maximum absolute atomic E-state index is 12.8. The first-order valence-electron chi connectivity index (χ1n) is 10.4. The quantitative estimate of drug-likeness (QED) is 0.458. The van der Waals surface area contributed by atoms with Gasteiger partial charge in [-0.3, -0.25) is 24.6 Å². The Morgan fingerprint density at radius 2 is 1.79 bits per heavy atom. The number of ether oxygens (including phenoxy) is 2. The number of rotatable bonds is 8. The summed E-state index contributed by atoms with van der Waals surface area (Å²) in [7, 11) is 1.38. The third-order valence-corrected chi connectivity index (χ3v) is 5.52. The zero-order valence-electron chi connectivity index (χ0n) is 18.6. The minimum absolute atomic E-state index is 0.0360. The second-order valence-corrected chi connectivity index (χ2v) is 7.51. The number of nitro benzene ring substituents is 1. The topological polar surface area (TPSA) is 114 Å². The van der Waals surface area contributed by atoms with Gasteiger partial charge in [-0.25, -0.2) is 0 Å². The van der Waals surface area contributed by atoms with E-state index in [9.17, 15) is 28.5 Å². The standard InChI is InChI=1S/C22H24F2N4O6/c1-14(20(29)25-17-8-7-15(33-2)13-18(17)28(31)32)26-9-11-27(12-10-26)21(30)16-5-3-4-6-19(16)34-22(23)24/h3-8,13-14,22H,9-12H2,1-2H3,(H,25,29). The van der Waals surface area contributed by atoms with Gasteiger partial charge in [-0.1, -0.05) is 12.1 Å². The molecule has 34 heavy (non-hydrogen) atoms. The highest BCUT2D eigenvalue weighted by Crippen LogP contribution is 2.29. The fourth-order valence-electron chi connectivity index (χ4n) is 3.62. The highest BCUT2D eigenvalue weighted by molar-refractivity contribution is 5.97. The highest BCUT2D eigenvalue weighted by Gasteiger charge is 2.30. The van der Waals surface area contributed by atoms with Gasteiger partial charge in [-0.05, 0) is 31.2 Å². The summed E-state index contributed by atoms with van der Waals surface area (Å²) < 4.78 is 34.7. The number of nitrogens with one attached hydrogen (secondary N) is 1. The molecule has 1 saturated heterocycles. The van der Waals surface area contributed by atoms with E-state index in [0.29, 0.717) is 18.8 Å². The van der Waals surface area contributed by atoms with Gasteiger partial charge in [0, 0.05) is 26.2 Å². The number of nitrogens with zero attached hydrogens (tertiary/aromatic N) is 3. The predicted octanol–water partition coefficient (Wildman–Crippen LogP) is 2.99. The number of anilines is 1. The average Bonchev–Trinajstić information content (AvgIpc) is 2.83. The van der Waals surface area contributed by atoms with Crippen LogP contribution in [0.25, 0.3) is 0 Å². The van der Waals surface area contributed by atoms with Gasteiger partial charge in [0.1, 0.15) is 17.2 Å². The number of amides is 2. The number of alkyl halides is 2. The number of piperazine rings is 1. The molecule has 0 saturated carbocycles. The Balaban J connectivity index is 1.62. The van der Waals surface area contributed by atoms with E-state index >= 15 is 0 Å². The Kier molecular flexibility index (Phi) is 7.95. The molecule has 1 aliphatic rings. The van der Waals surface area contributed by atoms with Crippen LogP contribution in [-0.2, 0) is 4.79 Å². The highest BCUT2D eigenvalue weighted by atomic mass is 19.3. The molecular formula is C22H24F2N4O6. The average molecular weight is 478 g/mol. The van der Waals surface area contributed by atoms with E-state index < -0.39 is 29.4 Å². The van der Waals surface area contributed by atoms with Crippen molar-refractivity contribution >= 4 is 23.2 Å². The van der Waals surface area contributed by atoms with Crippen molar-refractivity contribution in [2.24, 2.45) is 0 Å². The molecule has 1 N–H and O–H groups in total. The van der Waals surface area contributed by atoms with Crippen molar-refractivity contribution in [2.45, 2.75) is 19.6 Å². The molecule has 1 unspecified atom stereocenters. The number of carbonyl (C=O) groups excluding carboxylic acids is 2. The fraction of sp³-hybridized carbons (Fsp3) is 0.364. The van der Waals surface area contributed by atoms with E-state index in [-0.39, 0.29) is 35.8 Å². The number of para-hydroxylation sites is 1. The molecule has 2 aromatic rings. The van der Waals surface area contributed by atoms with Crippen molar-refractivity contribution in [1.29, 1.82) is 0 Å². The summed E-state index contributed by atoms with van der Waals surface area (Å²) in [5.74, 6) is -0.789. The summed E-state index contributed by atoms with van der Waals surface area (Å²) in [5.41, 5.74) is -0.207. The van der Waals surface area contributed by atoms with Gasteiger partial charge in [0.25, 0.3) is 11.6 Å². The van der Waals surface area contributed by atoms with Crippen LogP contribution in [0.3, 0.4) is 0 Å². The number of benzene rings is 2. The number of halogens is 2. The predicted molar refractivity (Wildman–Crippen MR) is 118 cm³/mol. The number of nitro groups is 1. The van der Waals surface area contributed by atoms with Gasteiger partial charge >= 0.3 is 6.61 Å². The second-order valence-electron chi connectivity index (χ2n) is 7.51. The summed E-state index contributed by atoms with van der Waals surface area (Å²) >= 11 is 0. The maximum atomic E-state index is 12.8. The summed E-state index contributed by atoms with van der Waals surface area (Å²) in [4.78, 5) is 39.7. The van der Waals surface area contributed by atoms with Crippen LogP contribution >= 0.6 is 0 Å². The van der Waals surface area contributed by atoms with Crippen molar-refractivity contribution in [1.82, 2.24) is 9.80 Å². The first kappa shape index (κ1) is 24.8. The van der Waals surface area contributed by atoms with E-state index in [0.717, 1.165) is 0 Å². The summed E-state index contributed by atoms with van der Waals surface area (Å²) in [6, 6.07) is 9.29. The van der Waals surface area contributed by atoms with Crippen LogP contribution in [0.15, 0.2) is 42.5 Å². The van der Waals surface area contributed by atoms with Gasteiger partial charge in [0.2, 0.25) is 5.91 Å². The Bertz CT molecular complexity index is 1060. The lowest BCUT2D eigenvalue weighted by molar-refractivity contribution is -0.384. The van der Waals surface area contributed by atoms with E-state index in [1.165, 1.54) is 48.4 Å². The van der Waals surface area contributed by atoms with E-state index in [2.05, 4.69) is 10.1 Å². The largest absolute Gasteiger partial charge is 0.496 e. The second kappa shape index (κ2) is 10.9. The molecule has 2 amide bonds. The Labute approximate surface area is 194 Å². The van der Waals surface area contributed by atoms with Crippen LogP contribution in [0.4, 0.5) is 20.2 Å². The molecule has 0 spiro atoms. The zero-order valence-corrected chi connectivity index (χ0v) is 18.6. The molecule has 182 valence electrons. The molecule has 1 heterocycles. The molecule has 1 atom stereocenters. The summed E-state index contributed by atoms with van der Waals surface area (Å²) in [5, 5.41) is 13.9. The van der Waals surface area contributed by atoms with Crippen LogP contribution in [0.2, 0.25) is 0 Å². The maximum Gasteiger partial charge on any atom is 0.387 e. The van der Waals surface area contributed by atoms with Crippen molar-refractivity contribution in [2.75, 3.05) is 38.6 Å². The van der Waals surface area contributed by atoms with E-state index in [1.807, 2.05) is 4.90 Å². The van der Waals surface area contributed by atoms with Gasteiger partial charge in [-0.2, -0.15) is 8.78 Å². The first-order chi connectivity index (χ1) is 16.2. The van der Waals surface area contributed by atoms with Gasteiger partial charge in [-0.15, -0.1) is 0 Å². The van der Waals surface area contributed by atoms with Gasteiger partial charge in [0.15, 0.2) is 0 Å². The SMILES string of the molecule is COc1ccc(NC(=O)C(C)N2CCN(C(=O)c3ccccc3OC(F)F)CC2)c([N+](=O)[O-])c1. The molecule has 1 aliphatic heterocycles. The smallest absolute Gasteiger partial charge is 0.387 e. The van der Waals surface area contributed by atoms with Crippen LogP contribution in [0.5, 0.6) is 11.5 Å².